The fraction of sp³-hybridized carbons (Fsp3) is 0.545. The van der Waals surface area contributed by atoms with Crippen LogP contribution in [0.1, 0.15) is 25.3 Å². The van der Waals surface area contributed by atoms with Crippen LogP contribution in [0.3, 0.4) is 0 Å². The summed E-state index contributed by atoms with van der Waals surface area (Å²) in [5.74, 6) is 1.09. The van der Waals surface area contributed by atoms with Crippen LogP contribution in [0.5, 0.6) is 5.88 Å². The Morgan fingerprint density at radius 1 is 1.50 bits per heavy atom. The van der Waals surface area contributed by atoms with Crippen molar-refractivity contribution in [3.63, 3.8) is 0 Å². The Balaban J connectivity index is 2.34. The molecule has 0 aliphatic heterocycles. The molecule has 0 saturated heterocycles. The standard InChI is InChI=1S/C11H16N2O/c1-11(2)8(9(11)12)7-5-4-6-13-10(7)14-3/h4-6,8-9H,12H2,1-3H3/t8-,9-/m1/s1. The first-order chi connectivity index (χ1) is 6.59. The van der Waals surface area contributed by atoms with E-state index in [0.29, 0.717) is 11.8 Å². The molecule has 1 aliphatic carbocycles. The maximum Gasteiger partial charge on any atom is 0.216 e. The van der Waals surface area contributed by atoms with E-state index in [1.54, 1.807) is 13.3 Å². The minimum Gasteiger partial charge on any atom is -0.481 e. The Kier molecular flexibility index (Phi) is 2.00. The molecule has 1 fully saturated rings. The van der Waals surface area contributed by atoms with E-state index in [1.165, 1.54) is 0 Å². The highest BCUT2D eigenvalue weighted by Crippen LogP contribution is 2.58. The highest BCUT2D eigenvalue weighted by molar-refractivity contribution is 5.39. The van der Waals surface area contributed by atoms with E-state index in [1.807, 2.05) is 12.1 Å². The van der Waals surface area contributed by atoms with E-state index in [0.717, 1.165) is 5.56 Å². The molecular formula is C11H16N2O. The van der Waals surface area contributed by atoms with E-state index < -0.39 is 0 Å². The predicted octanol–water partition coefficient (Wildman–Crippen LogP) is 1.54. The molecule has 1 aromatic rings. The van der Waals surface area contributed by atoms with Gasteiger partial charge in [-0.15, -0.1) is 0 Å². The van der Waals surface area contributed by atoms with E-state index in [4.69, 9.17) is 10.5 Å². The number of ether oxygens (including phenoxy) is 1. The second-order valence-electron chi connectivity index (χ2n) is 4.43. The average Bonchev–Trinajstić information content (AvgIpc) is 2.66. The molecule has 0 radical (unpaired) electrons. The largest absolute Gasteiger partial charge is 0.481 e. The summed E-state index contributed by atoms with van der Waals surface area (Å²) < 4.78 is 5.22. The normalized spacial score (nSPS) is 28.6. The van der Waals surface area contributed by atoms with E-state index in [-0.39, 0.29) is 11.5 Å². The fourth-order valence-electron chi connectivity index (χ4n) is 2.08. The van der Waals surface area contributed by atoms with Crippen molar-refractivity contribution in [2.45, 2.75) is 25.8 Å². The van der Waals surface area contributed by atoms with Gasteiger partial charge in [0.1, 0.15) is 0 Å². The molecule has 1 aliphatic rings. The lowest BCUT2D eigenvalue weighted by Crippen LogP contribution is -2.06. The van der Waals surface area contributed by atoms with Crippen LogP contribution < -0.4 is 10.5 Å². The van der Waals surface area contributed by atoms with Gasteiger partial charge in [-0.2, -0.15) is 0 Å². The molecule has 3 heteroatoms. The summed E-state index contributed by atoms with van der Waals surface area (Å²) in [4.78, 5) is 4.18. The second kappa shape index (κ2) is 2.95. The smallest absolute Gasteiger partial charge is 0.216 e. The number of nitrogens with two attached hydrogens (primary N) is 1. The molecule has 1 heterocycles. The zero-order valence-corrected chi connectivity index (χ0v) is 8.82. The van der Waals surface area contributed by atoms with Crippen LogP contribution in [0.15, 0.2) is 18.3 Å². The van der Waals surface area contributed by atoms with Crippen molar-refractivity contribution < 1.29 is 4.74 Å². The first kappa shape index (κ1) is 9.46. The summed E-state index contributed by atoms with van der Waals surface area (Å²) in [6.45, 7) is 4.35. The summed E-state index contributed by atoms with van der Waals surface area (Å²) in [5.41, 5.74) is 7.33. The number of aromatic nitrogens is 1. The highest BCUT2D eigenvalue weighted by Gasteiger charge is 2.57. The van der Waals surface area contributed by atoms with Crippen LogP contribution in [-0.4, -0.2) is 18.1 Å². The molecule has 1 saturated carbocycles. The van der Waals surface area contributed by atoms with E-state index in [2.05, 4.69) is 18.8 Å². The van der Waals surface area contributed by atoms with Crippen molar-refractivity contribution in [1.29, 1.82) is 0 Å². The lowest BCUT2D eigenvalue weighted by atomic mass is 10.0. The lowest BCUT2D eigenvalue weighted by molar-refractivity contribution is 0.390. The third-order valence-electron chi connectivity index (χ3n) is 3.24. The number of hydrogen-bond donors (Lipinski definition) is 1. The molecule has 0 amide bonds. The highest BCUT2D eigenvalue weighted by atomic mass is 16.5. The molecule has 0 aromatic carbocycles. The molecule has 0 unspecified atom stereocenters. The number of nitrogens with zero attached hydrogens (tertiary/aromatic N) is 1. The molecule has 2 N–H and O–H groups in total. The van der Waals surface area contributed by atoms with Crippen molar-refractivity contribution in [3.8, 4) is 5.88 Å². The quantitative estimate of drug-likeness (QED) is 0.773. The van der Waals surface area contributed by atoms with Gasteiger partial charge in [0.05, 0.1) is 7.11 Å². The summed E-state index contributed by atoms with van der Waals surface area (Å²) in [6.07, 6.45) is 1.74. The molecule has 3 nitrogen and oxygen atoms in total. The minimum atomic E-state index is 0.177. The molecule has 2 rings (SSSR count). The van der Waals surface area contributed by atoms with Crippen molar-refractivity contribution in [3.05, 3.63) is 23.9 Å². The van der Waals surface area contributed by atoms with Crippen LogP contribution in [0.2, 0.25) is 0 Å². The lowest BCUT2D eigenvalue weighted by Gasteiger charge is -2.07. The van der Waals surface area contributed by atoms with Gasteiger partial charge in [0.15, 0.2) is 0 Å². The van der Waals surface area contributed by atoms with Crippen molar-refractivity contribution in [2.24, 2.45) is 11.1 Å². The number of rotatable bonds is 2. The molecular weight excluding hydrogens is 176 g/mol. The van der Waals surface area contributed by atoms with E-state index in [9.17, 15) is 0 Å². The predicted molar refractivity (Wildman–Crippen MR) is 55.3 cm³/mol. The van der Waals surface area contributed by atoms with Crippen LogP contribution in [-0.2, 0) is 0 Å². The molecule has 2 atom stereocenters. The van der Waals surface area contributed by atoms with Gasteiger partial charge in [-0.1, -0.05) is 19.9 Å². The zero-order valence-electron chi connectivity index (χ0n) is 8.82. The van der Waals surface area contributed by atoms with Gasteiger partial charge in [0.2, 0.25) is 5.88 Å². The summed E-state index contributed by atoms with van der Waals surface area (Å²) in [7, 11) is 1.65. The Bertz CT molecular complexity index is 349. The fourth-order valence-corrected chi connectivity index (χ4v) is 2.08. The third kappa shape index (κ3) is 1.20. The summed E-state index contributed by atoms with van der Waals surface area (Å²) in [5, 5.41) is 0. The Morgan fingerprint density at radius 2 is 2.14 bits per heavy atom. The topological polar surface area (TPSA) is 48.1 Å². The van der Waals surface area contributed by atoms with Crippen LogP contribution in [0.4, 0.5) is 0 Å². The van der Waals surface area contributed by atoms with Crippen molar-refractivity contribution in [2.75, 3.05) is 7.11 Å². The zero-order chi connectivity index (χ0) is 10.3. The van der Waals surface area contributed by atoms with Crippen LogP contribution >= 0.6 is 0 Å². The van der Waals surface area contributed by atoms with E-state index >= 15 is 0 Å². The Labute approximate surface area is 84.3 Å². The Hall–Kier alpha value is -1.09. The maximum atomic E-state index is 6.02. The Morgan fingerprint density at radius 3 is 2.64 bits per heavy atom. The summed E-state index contributed by atoms with van der Waals surface area (Å²) in [6, 6.07) is 4.20. The van der Waals surface area contributed by atoms with Crippen molar-refractivity contribution >= 4 is 0 Å². The van der Waals surface area contributed by atoms with Gasteiger partial charge >= 0.3 is 0 Å². The molecule has 0 spiro atoms. The van der Waals surface area contributed by atoms with Gasteiger partial charge in [-0.3, -0.25) is 0 Å². The van der Waals surface area contributed by atoms with Crippen LogP contribution in [0.25, 0.3) is 0 Å². The number of hydrogen-bond acceptors (Lipinski definition) is 3. The van der Waals surface area contributed by atoms with Gasteiger partial charge in [-0.05, 0) is 11.5 Å². The third-order valence-corrected chi connectivity index (χ3v) is 3.24. The van der Waals surface area contributed by atoms with Gasteiger partial charge in [0, 0.05) is 23.7 Å². The van der Waals surface area contributed by atoms with Gasteiger partial charge < -0.3 is 10.5 Å². The molecule has 1 aromatic heterocycles. The summed E-state index contributed by atoms with van der Waals surface area (Å²) >= 11 is 0. The molecule has 76 valence electrons. The number of methoxy groups -OCH3 is 1. The number of pyridine rings is 1. The maximum absolute atomic E-state index is 6.02. The van der Waals surface area contributed by atoms with Crippen LogP contribution in [0, 0.1) is 5.41 Å². The SMILES string of the molecule is COc1ncccc1[C@@H]1[C@@H](N)C1(C)C. The molecule has 0 bridgehead atoms. The first-order valence-electron chi connectivity index (χ1n) is 4.83. The first-order valence-corrected chi connectivity index (χ1v) is 4.83. The second-order valence-corrected chi connectivity index (χ2v) is 4.43. The van der Waals surface area contributed by atoms with Gasteiger partial charge in [0.25, 0.3) is 0 Å². The average molecular weight is 192 g/mol. The monoisotopic (exact) mass is 192 g/mol. The van der Waals surface area contributed by atoms with Crippen molar-refractivity contribution in [1.82, 2.24) is 4.98 Å². The molecule has 14 heavy (non-hydrogen) atoms. The van der Waals surface area contributed by atoms with Gasteiger partial charge in [-0.25, -0.2) is 4.98 Å². The minimum absolute atomic E-state index is 0.177.